The molecule has 1 rings (SSSR count). The molecule has 0 amide bonds. The van der Waals surface area contributed by atoms with Crippen molar-refractivity contribution in [1.82, 2.24) is 0 Å². The molecule has 0 N–H and O–H groups in total. The second kappa shape index (κ2) is 2.22. The lowest BCUT2D eigenvalue weighted by molar-refractivity contribution is 0.617. The molecule has 1 aromatic rings. The normalized spacial score (nSPS) is 18.1. The fraction of sp³-hybridized carbons (Fsp3) is 0. The Hall–Kier alpha value is 0.320. The maximum Gasteiger partial charge on any atom is 0.164 e. The molecule has 0 nitrogen and oxygen atoms in total. The third-order valence-corrected chi connectivity index (χ3v) is 4.59. The minimum atomic E-state index is -6.80. The van der Waals surface area contributed by atoms with Crippen LogP contribution >= 0.6 is 35.9 Å². The van der Waals surface area contributed by atoms with E-state index in [1.54, 1.807) is 0 Å². The van der Waals surface area contributed by atoms with Gasteiger partial charge in [0.1, 0.15) is 0 Å². The van der Waals surface area contributed by atoms with Gasteiger partial charge < -0.3 is 0 Å². The van der Waals surface area contributed by atoms with Gasteiger partial charge in [-0.2, -0.15) is 0 Å². The van der Waals surface area contributed by atoms with E-state index in [0.717, 1.165) is 12.1 Å². The molecule has 0 aromatic heterocycles. The molecule has 6 heteroatoms. The molecule has 0 radical (unpaired) electrons. The Balaban J connectivity index is 3.36. The monoisotopic (exact) mass is 324 g/mol. The first kappa shape index (κ1) is 10.4. The Morgan fingerprint density at radius 3 is 1.58 bits per heavy atom. The van der Waals surface area contributed by atoms with Crippen molar-refractivity contribution in [2.24, 2.45) is 0 Å². The van der Waals surface area contributed by atoms with E-state index < -0.39 is 11.2 Å². The van der Waals surface area contributed by atoms with Crippen molar-refractivity contribution >= 4 is 35.9 Å². The maximum atomic E-state index is 13.1. The summed E-state index contributed by atoms with van der Waals surface area (Å²) >= 11 is 3.66. The van der Waals surface area contributed by atoms with Crippen LogP contribution in [-0.4, -0.2) is 0 Å². The molecule has 1 aromatic carbocycles. The van der Waals surface area contributed by atoms with Gasteiger partial charge in [0, 0.05) is 0 Å². The van der Waals surface area contributed by atoms with E-state index in [0.29, 0.717) is 0 Å². The lowest BCUT2D eigenvalue weighted by Gasteiger charge is -2.45. The van der Waals surface area contributed by atoms with Crippen LogP contribution in [-0.2, 0) is 0 Å². The van der Waals surface area contributed by atoms with Crippen LogP contribution in [0.25, 0.3) is 0 Å². The van der Waals surface area contributed by atoms with Gasteiger partial charge in [0.15, 0.2) is 6.32 Å². The van der Waals surface area contributed by atoms with Gasteiger partial charge in [0.2, 0.25) is 0 Å². The molecule has 0 saturated carbocycles. The largest absolute Gasteiger partial charge is 0.164 e. The smallest absolute Gasteiger partial charge is 0.128 e. The van der Waals surface area contributed by atoms with Crippen LogP contribution in [0, 0.1) is 0 Å². The average Bonchev–Trinajstić information content (AvgIpc) is 1.85. The molecule has 0 aliphatic heterocycles. The fourth-order valence-corrected chi connectivity index (χ4v) is 2.64. The lowest BCUT2D eigenvalue weighted by atomic mass is 10.4. The van der Waals surface area contributed by atoms with Crippen LogP contribution < -0.4 is 0 Å². The molecule has 0 atom stereocenters. The summed E-state index contributed by atoms with van der Waals surface area (Å²) in [7, 11) is 0. The quantitative estimate of drug-likeness (QED) is 0.666. The Kier molecular flexibility index (Phi) is 1.92. The molecule has 0 unspecified atom stereocenters. The number of halogens is 5. The van der Waals surface area contributed by atoms with E-state index in [-0.39, 0.29) is 0 Å². The van der Waals surface area contributed by atoms with E-state index in [9.17, 15) is 11.7 Å². The van der Waals surface area contributed by atoms with Gasteiger partial charge in [0.05, 0.1) is 34.5 Å². The van der Waals surface area contributed by atoms with Crippen LogP contribution in [0.3, 0.4) is 0 Å². The van der Waals surface area contributed by atoms with Gasteiger partial charge in [-0.15, -0.1) is 11.7 Å². The van der Waals surface area contributed by atoms with E-state index in [2.05, 4.69) is 0 Å². The summed E-state index contributed by atoms with van der Waals surface area (Å²) in [6, 6.07) is 6.26. The molecule has 0 heterocycles. The fourth-order valence-electron chi connectivity index (χ4n) is 0.678. The first-order valence-corrected chi connectivity index (χ1v) is 8.72. The Labute approximate surface area is 82.7 Å². The van der Waals surface area contributed by atoms with Crippen LogP contribution in [0.4, 0.5) is 11.7 Å². The van der Waals surface area contributed by atoms with Crippen molar-refractivity contribution in [2.75, 3.05) is 0 Å². The number of rotatable bonds is 1. The van der Waals surface area contributed by atoms with E-state index in [4.69, 9.17) is 0 Å². The number of benzene rings is 1. The molecule has 0 spiro atoms. The summed E-state index contributed by atoms with van der Waals surface area (Å²) in [4.78, 5) is -0.683. The highest BCUT2D eigenvalue weighted by molar-refractivity contribution is 9.98. The highest BCUT2D eigenvalue weighted by Gasteiger charge is 2.58. The molecular weight excluding hydrogens is 321 g/mol. The van der Waals surface area contributed by atoms with Crippen molar-refractivity contribution < 1.29 is 11.7 Å². The molecule has 70 valence electrons. The highest BCUT2D eigenvalue weighted by atomic mass is 79.9. The van der Waals surface area contributed by atoms with Crippen molar-refractivity contribution in [1.29, 1.82) is 0 Å². The summed E-state index contributed by atoms with van der Waals surface area (Å²) in [6.07, 6.45) is -6.80. The van der Waals surface area contributed by atoms with Gasteiger partial charge in [-0.1, -0.05) is 18.2 Å². The predicted molar refractivity (Wildman–Crippen MR) is 53.5 cm³/mol. The van der Waals surface area contributed by atoms with Gasteiger partial charge in [0.25, 0.3) is 0 Å². The highest BCUT2D eigenvalue weighted by Crippen LogP contribution is 3.09. The molecule has 0 aliphatic carbocycles. The first-order chi connectivity index (χ1) is 5.09. The second-order valence-corrected chi connectivity index (χ2v) is 15.6. The summed E-state index contributed by atoms with van der Waals surface area (Å²) in [5, 5.41) is 0. The standard InChI is InChI=1S/C6H5Br2F3S/c7-12(8,9,10,11)6-4-2-1-3-5-6/h1-5H. The summed E-state index contributed by atoms with van der Waals surface area (Å²) in [6.45, 7) is 0. The summed E-state index contributed by atoms with van der Waals surface area (Å²) < 4.78 is 39.3. The van der Waals surface area contributed by atoms with Crippen molar-refractivity contribution in [2.45, 2.75) is 4.90 Å². The Morgan fingerprint density at radius 2 is 1.33 bits per heavy atom. The van der Waals surface area contributed by atoms with E-state index in [1.807, 2.05) is 29.6 Å². The average molecular weight is 326 g/mol. The summed E-state index contributed by atoms with van der Waals surface area (Å²) in [5.74, 6) is 0. The minimum absolute atomic E-state index is 0.683. The molecule has 12 heavy (non-hydrogen) atoms. The molecule has 0 saturated heterocycles. The second-order valence-electron chi connectivity index (χ2n) is 2.28. The minimum Gasteiger partial charge on any atom is -0.128 e. The third-order valence-electron chi connectivity index (χ3n) is 1.19. The predicted octanol–water partition coefficient (Wildman–Crippen LogP) is 5.19. The van der Waals surface area contributed by atoms with Gasteiger partial charge in [-0.05, 0) is 12.1 Å². The topological polar surface area (TPSA) is 0 Å². The van der Waals surface area contributed by atoms with E-state index >= 15 is 0 Å². The van der Waals surface area contributed by atoms with Gasteiger partial charge >= 0.3 is 0 Å². The van der Waals surface area contributed by atoms with E-state index in [1.165, 1.54) is 18.2 Å². The number of hydrogen-bond acceptors (Lipinski definition) is 0. The molecule has 0 bridgehead atoms. The summed E-state index contributed by atoms with van der Waals surface area (Å²) in [5.41, 5.74) is 0. The Morgan fingerprint density at radius 1 is 0.917 bits per heavy atom. The molecular formula is C6H5Br2F3S. The van der Waals surface area contributed by atoms with Crippen molar-refractivity contribution in [3.8, 4) is 0 Å². The SMILES string of the molecule is FS(F)(F)(Br)(Br)c1ccccc1. The van der Waals surface area contributed by atoms with Crippen molar-refractivity contribution in [3.05, 3.63) is 30.3 Å². The van der Waals surface area contributed by atoms with Crippen LogP contribution in [0.15, 0.2) is 35.2 Å². The van der Waals surface area contributed by atoms with Crippen LogP contribution in [0.1, 0.15) is 0 Å². The maximum absolute atomic E-state index is 13.1. The lowest BCUT2D eigenvalue weighted by Crippen LogP contribution is -2.00. The molecule has 0 fully saturated rings. The third kappa shape index (κ3) is 2.67. The van der Waals surface area contributed by atoms with Crippen molar-refractivity contribution in [3.63, 3.8) is 0 Å². The first-order valence-electron chi connectivity index (χ1n) is 2.89. The zero-order chi connectivity index (χ0) is 9.52. The zero-order valence-corrected chi connectivity index (χ0v) is 9.67. The molecule has 0 aliphatic rings. The number of hydrogen-bond donors (Lipinski definition) is 0. The zero-order valence-electron chi connectivity index (χ0n) is 5.68. The Bertz CT molecular complexity index is 290. The van der Waals surface area contributed by atoms with Crippen LogP contribution in [0.2, 0.25) is 0 Å². The van der Waals surface area contributed by atoms with Gasteiger partial charge in [-0.25, -0.2) is 0 Å². The van der Waals surface area contributed by atoms with Gasteiger partial charge in [-0.3, -0.25) is 0 Å². The van der Waals surface area contributed by atoms with Crippen LogP contribution in [0.5, 0.6) is 0 Å².